The lowest BCUT2D eigenvalue weighted by Crippen LogP contribution is -2.30. The maximum Gasteiger partial charge on any atom is 0.119 e. The van der Waals surface area contributed by atoms with Gasteiger partial charge in [-0.25, -0.2) is 0 Å². The predicted octanol–water partition coefficient (Wildman–Crippen LogP) is 3.34. The van der Waals surface area contributed by atoms with E-state index in [1.54, 1.807) is 7.11 Å². The number of rotatable bonds is 7. The fourth-order valence-electron chi connectivity index (χ4n) is 1.60. The van der Waals surface area contributed by atoms with E-state index >= 15 is 0 Å². The van der Waals surface area contributed by atoms with Gasteiger partial charge >= 0.3 is 0 Å². The molecule has 96 valence electrons. The topological polar surface area (TPSA) is 21.3 Å². The summed E-state index contributed by atoms with van der Waals surface area (Å²) in [6, 6.07) is 6.63. The second-order valence-corrected chi connectivity index (χ2v) is 5.98. The number of ether oxygens (including phenoxy) is 1. The molecule has 0 aliphatic rings. The molecule has 0 saturated carbocycles. The maximum atomic E-state index is 5.26. The van der Waals surface area contributed by atoms with Crippen LogP contribution in [0.3, 0.4) is 0 Å². The summed E-state index contributed by atoms with van der Waals surface area (Å²) >= 11 is 5.56. The zero-order valence-corrected chi connectivity index (χ0v) is 13.0. The number of halogens is 1. The van der Waals surface area contributed by atoms with Crippen molar-refractivity contribution in [2.45, 2.75) is 19.4 Å². The van der Waals surface area contributed by atoms with Gasteiger partial charge in [0.15, 0.2) is 0 Å². The predicted molar refractivity (Wildman–Crippen MR) is 80.2 cm³/mol. The van der Waals surface area contributed by atoms with Crippen molar-refractivity contribution in [3.05, 3.63) is 28.2 Å². The Hall–Kier alpha value is -0.190. The molecule has 1 rings (SSSR count). The zero-order chi connectivity index (χ0) is 12.7. The third kappa shape index (κ3) is 4.90. The lowest BCUT2D eigenvalue weighted by Gasteiger charge is -2.17. The number of benzene rings is 1. The molecule has 0 aromatic heterocycles. The molecule has 0 radical (unpaired) electrons. The molecule has 0 heterocycles. The first kappa shape index (κ1) is 14.9. The SMILES string of the molecule is CCSCC(Cc1cc(OC)ccc1Br)NC. The number of nitrogens with one attached hydrogen (secondary N) is 1. The number of methoxy groups -OCH3 is 1. The van der Waals surface area contributed by atoms with Crippen molar-refractivity contribution in [3.8, 4) is 5.75 Å². The average molecular weight is 318 g/mol. The molecule has 0 aliphatic carbocycles. The van der Waals surface area contributed by atoms with Crippen molar-refractivity contribution in [1.29, 1.82) is 0 Å². The van der Waals surface area contributed by atoms with Gasteiger partial charge in [0, 0.05) is 16.3 Å². The summed E-state index contributed by atoms with van der Waals surface area (Å²) < 4.78 is 6.41. The lowest BCUT2D eigenvalue weighted by atomic mass is 10.1. The molecule has 17 heavy (non-hydrogen) atoms. The number of likely N-dealkylation sites (N-methyl/N-ethyl adjacent to an activating group) is 1. The Balaban J connectivity index is 2.70. The first-order valence-electron chi connectivity index (χ1n) is 5.78. The Kier molecular flexibility index (Phi) is 7.00. The zero-order valence-electron chi connectivity index (χ0n) is 10.6. The Labute approximate surface area is 117 Å². The molecule has 0 spiro atoms. The molecule has 1 N–H and O–H groups in total. The van der Waals surface area contributed by atoms with Crippen LogP contribution in [0.15, 0.2) is 22.7 Å². The van der Waals surface area contributed by atoms with Crippen LogP contribution >= 0.6 is 27.7 Å². The normalized spacial score (nSPS) is 12.5. The Morgan fingerprint density at radius 1 is 1.47 bits per heavy atom. The van der Waals surface area contributed by atoms with E-state index in [1.165, 1.54) is 5.56 Å². The summed E-state index contributed by atoms with van der Waals surface area (Å²) in [6.45, 7) is 2.19. The van der Waals surface area contributed by atoms with Crippen LogP contribution in [-0.4, -0.2) is 31.7 Å². The summed E-state index contributed by atoms with van der Waals surface area (Å²) in [5.41, 5.74) is 1.29. The molecule has 1 unspecified atom stereocenters. The molecule has 0 aliphatic heterocycles. The van der Waals surface area contributed by atoms with Crippen LogP contribution in [0.2, 0.25) is 0 Å². The molecule has 0 amide bonds. The van der Waals surface area contributed by atoms with Gasteiger partial charge in [-0.1, -0.05) is 22.9 Å². The number of hydrogen-bond donors (Lipinski definition) is 1. The highest BCUT2D eigenvalue weighted by Crippen LogP contribution is 2.24. The molecule has 0 saturated heterocycles. The summed E-state index contributed by atoms with van der Waals surface area (Å²) in [6.07, 6.45) is 1.02. The molecule has 1 aromatic carbocycles. The standard InChI is InChI=1S/C13H20BrNOS/c1-4-17-9-11(15-2)7-10-8-12(16-3)5-6-13(10)14/h5-6,8,11,15H,4,7,9H2,1-3H3. The first-order chi connectivity index (χ1) is 8.21. The van der Waals surface area contributed by atoms with E-state index in [4.69, 9.17) is 4.74 Å². The smallest absolute Gasteiger partial charge is 0.119 e. The first-order valence-corrected chi connectivity index (χ1v) is 7.73. The molecule has 0 bridgehead atoms. The molecular formula is C13H20BrNOS. The van der Waals surface area contributed by atoms with Gasteiger partial charge in [-0.2, -0.15) is 11.8 Å². The van der Waals surface area contributed by atoms with Gasteiger partial charge in [0.1, 0.15) is 5.75 Å². The lowest BCUT2D eigenvalue weighted by molar-refractivity contribution is 0.414. The molecule has 0 fully saturated rings. The Bertz CT molecular complexity index is 346. The van der Waals surface area contributed by atoms with Crippen molar-refractivity contribution >= 4 is 27.7 Å². The third-order valence-electron chi connectivity index (χ3n) is 2.65. The second-order valence-electron chi connectivity index (χ2n) is 3.81. The van der Waals surface area contributed by atoms with E-state index in [0.717, 1.165) is 28.1 Å². The van der Waals surface area contributed by atoms with Gasteiger partial charge in [-0.3, -0.25) is 0 Å². The minimum Gasteiger partial charge on any atom is -0.497 e. The van der Waals surface area contributed by atoms with E-state index in [-0.39, 0.29) is 0 Å². The fraction of sp³-hybridized carbons (Fsp3) is 0.538. The fourth-order valence-corrected chi connectivity index (χ4v) is 2.82. The van der Waals surface area contributed by atoms with Crippen molar-refractivity contribution in [3.63, 3.8) is 0 Å². The van der Waals surface area contributed by atoms with Crippen LogP contribution < -0.4 is 10.1 Å². The molecular weight excluding hydrogens is 298 g/mol. The summed E-state index contributed by atoms with van der Waals surface area (Å²) in [7, 11) is 3.73. The average Bonchev–Trinajstić information content (AvgIpc) is 2.36. The third-order valence-corrected chi connectivity index (χ3v) is 4.47. The van der Waals surface area contributed by atoms with Gasteiger partial charge in [-0.15, -0.1) is 0 Å². The van der Waals surface area contributed by atoms with Crippen molar-refractivity contribution in [2.75, 3.05) is 25.7 Å². The van der Waals surface area contributed by atoms with E-state index in [9.17, 15) is 0 Å². The van der Waals surface area contributed by atoms with Crippen LogP contribution in [0.4, 0.5) is 0 Å². The highest BCUT2D eigenvalue weighted by Gasteiger charge is 2.10. The molecule has 1 atom stereocenters. The van der Waals surface area contributed by atoms with Gasteiger partial charge in [-0.05, 0) is 43.0 Å². The van der Waals surface area contributed by atoms with Crippen LogP contribution in [0.1, 0.15) is 12.5 Å². The Morgan fingerprint density at radius 2 is 2.24 bits per heavy atom. The number of hydrogen-bond acceptors (Lipinski definition) is 3. The minimum absolute atomic E-state index is 0.503. The van der Waals surface area contributed by atoms with Crippen LogP contribution in [0.25, 0.3) is 0 Å². The van der Waals surface area contributed by atoms with Crippen LogP contribution in [0.5, 0.6) is 5.75 Å². The highest BCUT2D eigenvalue weighted by molar-refractivity contribution is 9.10. The quantitative estimate of drug-likeness (QED) is 0.833. The van der Waals surface area contributed by atoms with Gasteiger partial charge in [0.2, 0.25) is 0 Å². The molecule has 2 nitrogen and oxygen atoms in total. The summed E-state index contributed by atoms with van der Waals surface area (Å²) in [5, 5.41) is 3.37. The van der Waals surface area contributed by atoms with Crippen LogP contribution in [-0.2, 0) is 6.42 Å². The monoisotopic (exact) mass is 317 g/mol. The number of thioether (sulfide) groups is 1. The summed E-state index contributed by atoms with van der Waals surface area (Å²) in [4.78, 5) is 0. The van der Waals surface area contributed by atoms with Crippen molar-refractivity contribution in [2.24, 2.45) is 0 Å². The van der Waals surface area contributed by atoms with E-state index in [0.29, 0.717) is 6.04 Å². The van der Waals surface area contributed by atoms with E-state index in [1.807, 2.05) is 30.9 Å². The van der Waals surface area contributed by atoms with Crippen molar-refractivity contribution in [1.82, 2.24) is 5.32 Å². The van der Waals surface area contributed by atoms with E-state index < -0.39 is 0 Å². The second kappa shape index (κ2) is 8.01. The molecule has 4 heteroatoms. The van der Waals surface area contributed by atoms with Gasteiger partial charge < -0.3 is 10.1 Å². The summed E-state index contributed by atoms with van der Waals surface area (Å²) in [5.74, 6) is 3.22. The maximum absolute atomic E-state index is 5.26. The largest absolute Gasteiger partial charge is 0.497 e. The highest BCUT2D eigenvalue weighted by atomic mass is 79.9. The van der Waals surface area contributed by atoms with Gasteiger partial charge in [0.05, 0.1) is 7.11 Å². The Morgan fingerprint density at radius 3 is 2.82 bits per heavy atom. The van der Waals surface area contributed by atoms with Crippen LogP contribution in [0, 0.1) is 0 Å². The van der Waals surface area contributed by atoms with Gasteiger partial charge in [0.25, 0.3) is 0 Å². The molecule has 1 aromatic rings. The minimum atomic E-state index is 0.503. The van der Waals surface area contributed by atoms with E-state index in [2.05, 4.69) is 34.2 Å². The van der Waals surface area contributed by atoms with Crippen molar-refractivity contribution < 1.29 is 4.74 Å².